The van der Waals surface area contributed by atoms with E-state index in [4.69, 9.17) is 0 Å². The van der Waals surface area contributed by atoms with E-state index >= 15 is 0 Å². The van der Waals surface area contributed by atoms with Crippen molar-refractivity contribution in [1.29, 1.82) is 0 Å². The van der Waals surface area contributed by atoms with Gasteiger partial charge in [0.15, 0.2) is 8.37 Å². The molecule has 2 aliphatic heterocycles. The zero-order chi connectivity index (χ0) is 23.1. The van der Waals surface area contributed by atoms with E-state index in [9.17, 15) is 0 Å². The average molecular weight is 466 g/mol. The summed E-state index contributed by atoms with van der Waals surface area (Å²) in [5.74, 6) is 0. The van der Waals surface area contributed by atoms with Crippen molar-refractivity contribution in [3.63, 3.8) is 0 Å². The van der Waals surface area contributed by atoms with Crippen molar-refractivity contribution in [3.05, 3.63) is 108 Å². The Kier molecular flexibility index (Phi) is 5.77. The zero-order valence-corrected chi connectivity index (χ0v) is 20.9. The second-order valence-corrected chi connectivity index (χ2v) is 11.5. The van der Waals surface area contributed by atoms with Crippen molar-refractivity contribution in [2.45, 2.75) is 38.8 Å². The fourth-order valence-electron chi connectivity index (χ4n) is 5.63. The molecule has 6 rings (SSSR count). The zero-order valence-electron chi connectivity index (χ0n) is 20.0. The largest absolute Gasteiger partial charge is 0.319 e. The maximum atomic E-state index is 2.73. The summed E-state index contributed by atoms with van der Waals surface area (Å²) in [5.41, 5.74) is 2.82. The van der Waals surface area contributed by atoms with Crippen molar-refractivity contribution in [2.24, 2.45) is 0 Å². The molecule has 0 amide bonds. The van der Waals surface area contributed by atoms with Gasteiger partial charge in [-0.15, -0.1) is 0 Å². The number of fused-ring (bicyclic) bond motifs is 2. The van der Waals surface area contributed by atoms with Crippen LogP contribution in [0.2, 0.25) is 0 Å². The Balaban J connectivity index is 1.38. The van der Waals surface area contributed by atoms with Crippen LogP contribution in [0, 0.1) is 0 Å². The van der Waals surface area contributed by atoms with Crippen LogP contribution in [0.5, 0.6) is 0 Å². The van der Waals surface area contributed by atoms with E-state index in [0.717, 1.165) is 0 Å². The molecule has 0 saturated carbocycles. The normalized spacial score (nSPS) is 18.9. The molecule has 1 saturated heterocycles. The Bertz CT molecular complexity index is 1240. The predicted molar refractivity (Wildman–Crippen MR) is 145 cm³/mol. The number of nitrogens with zero attached hydrogens (tertiary/aromatic N) is 3. The number of benzene rings is 4. The van der Waals surface area contributed by atoms with E-state index < -0.39 is 8.37 Å². The minimum Gasteiger partial charge on any atom is -0.319 e. The van der Waals surface area contributed by atoms with E-state index in [1.165, 1.54) is 58.6 Å². The molecule has 0 aliphatic carbocycles. The van der Waals surface area contributed by atoms with Crippen molar-refractivity contribution in [2.75, 3.05) is 13.1 Å². The Morgan fingerprint density at radius 2 is 1.03 bits per heavy atom. The summed E-state index contributed by atoms with van der Waals surface area (Å²) in [7, 11) is -0.621. The molecule has 2 aliphatic rings. The molecule has 1 fully saturated rings. The Morgan fingerprint density at radius 1 is 0.588 bits per heavy atom. The van der Waals surface area contributed by atoms with Gasteiger partial charge in [-0.05, 0) is 59.4 Å². The van der Waals surface area contributed by atoms with E-state index in [-0.39, 0.29) is 0 Å². The molecule has 172 valence electrons. The molecule has 4 heteroatoms. The Morgan fingerprint density at radius 3 is 1.53 bits per heavy atom. The van der Waals surface area contributed by atoms with Crippen LogP contribution >= 0.6 is 8.37 Å². The Labute approximate surface area is 204 Å². The van der Waals surface area contributed by atoms with Gasteiger partial charge in [0.1, 0.15) is 0 Å². The lowest BCUT2D eigenvalue weighted by Gasteiger charge is -2.43. The fraction of sp³-hybridized carbons (Fsp3) is 0.267. The van der Waals surface area contributed by atoms with Gasteiger partial charge in [-0.3, -0.25) is 0 Å². The van der Waals surface area contributed by atoms with E-state index in [2.05, 4.69) is 125 Å². The predicted octanol–water partition coefficient (Wildman–Crippen LogP) is 8.23. The molecule has 0 unspecified atom stereocenters. The highest BCUT2D eigenvalue weighted by atomic mass is 31.2. The molecule has 4 aromatic carbocycles. The second kappa shape index (κ2) is 9.06. The molecule has 4 aromatic rings. The molecule has 0 spiro atoms. The van der Waals surface area contributed by atoms with Gasteiger partial charge in [0.2, 0.25) is 0 Å². The standard InChI is InChI=1S/C30H32N3P/c1-23(27-17-9-13-25-11-3-5-15-29(25)27)32-21-22-33(34(32)31-19-7-8-20-31)24(2)28-18-10-14-26-12-4-6-16-30(26)28/h3-6,9-18,21-24H,7-8,19-20H2,1-2H3/t23-,24-/m0/s1. The van der Waals surface area contributed by atoms with Crippen LogP contribution in [0.15, 0.2) is 97.3 Å². The van der Waals surface area contributed by atoms with Gasteiger partial charge >= 0.3 is 0 Å². The lowest BCUT2D eigenvalue weighted by molar-refractivity contribution is 0.387. The summed E-state index contributed by atoms with van der Waals surface area (Å²) >= 11 is 0. The van der Waals surface area contributed by atoms with Crippen LogP contribution < -0.4 is 0 Å². The van der Waals surface area contributed by atoms with Gasteiger partial charge in [0.05, 0.1) is 12.1 Å². The van der Waals surface area contributed by atoms with Crippen LogP contribution in [0.25, 0.3) is 21.5 Å². The van der Waals surface area contributed by atoms with Crippen LogP contribution in [0.3, 0.4) is 0 Å². The van der Waals surface area contributed by atoms with Crippen LogP contribution in [-0.2, 0) is 0 Å². The van der Waals surface area contributed by atoms with Gasteiger partial charge in [0, 0.05) is 25.5 Å². The van der Waals surface area contributed by atoms with E-state index in [0.29, 0.717) is 12.1 Å². The first-order chi connectivity index (χ1) is 16.7. The van der Waals surface area contributed by atoms with Crippen molar-refractivity contribution in [3.8, 4) is 0 Å². The van der Waals surface area contributed by atoms with Crippen LogP contribution in [0.4, 0.5) is 0 Å². The Hall–Kier alpha value is -2.87. The molecule has 0 N–H and O–H groups in total. The topological polar surface area (TPSA) is 9.72 Å². The van der Waals surface area contributed by atoms with Crippen molar-refractivity contribution < 1.29 is 0 Å². The van der Waals surface area contributed by atoms with Gasteiger partial charge < -0.3 is 9.34 Å². The smallest absolute Gasteiger partial charge is 0.178 e. The van der Waals surface area contributed by atoms with Crippen LogP contribution in [-0.4, -0.2) is 27.1 Å². The summed E-state index contributed by atoms with van der Waals surface area (Å²) in [4.78, 5) is 0. The molecular formula is C30H32N3P. The van der Waals surface area contributed by atoms with Gasteiger partial charge in [0.25, 0.3) is 0 Å². The SMILES string of the molecule is C[C@@H](c1cccc2ccccc12)N1C=CN([C@@H](C)c2cccc3ccccc23)P1N1CCCC1. The molecule has 0 radical (unpaired) electrons. The summed E-state index contributed by atoms with van der Waals surface area (Å²) < 4.78 is 8.02. The van der Waals surface area contributed by atoms with Gasteiger partial charge in [-0.1, -0.05) is 84.9 Å². The first kappa shape index (κ1) is 21.6. The fourth-order valence-corrected chi connectivity index (χ4v) is 8.32. The highest BCUT2D eigenvalue weighted by Gasteiger charge is 2.40. The highest BCUT2D eigenvalue weighted by Crippen LogP contribution is 2.60. The maximum absolute atomic E-state index is 2.73. The minimum absolute atomic E-state index is 0.304. The van der Waals surface area contributed by atoms with E-state index in [1.54, 1.807) is 0 Å². The second-order valence-electron chi connectivity index (χ2n) is 9.48. The first-order valence-corrected chi connectivity index (χ1v) is 13.7. The average Bonchev–Trinajstić information content (AvgIpc) is 3.57. The van der Waals surface area contributed by atoms with Gasteiger partial charge in [-0.2, -0.15) is 0 Å². The minimum atomic E-state index is -0.621. The lowest BCUT2D eigenvalue weighted by atomic mass is 10.00. The summed E-state index contributed by atoms with van der Waals surface area (Å²) in [6, 6.07) is 31.7. The molecule has 2 atom stereocenters. The highest BCUT2D eigenvalue weighted by molar-refractivity contribution is 7.50. The van der Waals surface area contributed by atoms with Gasteiger partial charge in [-0.25, -0.2) is 4.67 Å². The molecular weight excluding hydrogens is 433 g/mol. The molecule has 3 nitrogen and oxygen atoms in total. The van der Waals surface area contributed by atoms with Crippen molar-refractivity contribution in [1.82, 2.24) is 14.0 Å². The quantitative estimate of drug-likeness (QED) is 0.275. The summed E-state index contributed by atoms with van der Waals surface area (Å²) in [6.07, 6.45) is 7.31. The first-order valence-electron chi connectivity index (χ1n) is 12.5. The number of rotatable bonds is 5. The third-order valence-corrected chi connectivity index (χ3v) is 10.2. The monoisotopic (exact) mass is 465 g/mol. The lowest BCUT2D eigenvalue weighted by Crippen LogP contribution is -2.30. The molecule has 2 heterocycles. The molecule has 0 aromatic heterocycles. The maximum Gasteiger partial charge on any atom is 0.178 e. The van der Waals surface area contributed by atoms with Crippen LogP contribution in [0.1, 0.15) is 49.9 Å². The molecule has 0 bridgehead atoms. The third-order valence-electron chi connectivity index (χ3n) is 7.46. The third kappa shape index (κ3) is 3.68. The molecule has 34 heavy (non-hydrogen) atoms. The van der Waals surface area contributed by atoms with Crippen molar-refractivity contribution >= 4 is 29.9 Å². The number of hydrogen-bond donors (Lipinski definition) is 0. The summed E-state index contributed by atoms with van der Waals surface area (Å²) in [5, 5.41) is 5.37. The number of hydrogen-bond acceptors (Lipinski definition) is 3. The van der Waals surface area contributed by atoms with E-state index in [1.807, 2.05) is 0 Å². The summed E-state index contributed by atoms with van der Waals surface area (Å²) in [6.45, 7) is 7.13.